The first-order valence-corrected chi connectivity index (χ1v) is 12.7. The number of anilines is 1. The molecule has 36 heavy (non-hydrogen) atoms. The molecule has 2 amide bonds. The highest BCUT2D eigenvalue weighted by Crippen LogP contribution is 2.36. The molecule has 10 nitrogen and oxygen atoms in total. The highest BCUT2D eigenvalue weighted by Gasteiger charge is 2.52. The average molecular weight is 503 g/mol. The number of carbonyl (C=O) groups is 2. The summed E-state index contributed by atoms with van der Waals surface area (Å²) in [7, 11) is -0.511. The maximum atomic E-state index is 13.4. The van der Waals surface area contributed by atoms with Gasteiger partial charge in [0.05, 0.1) is 11.2 Å². The molecule has 2 fully saturated rings. The molecule has 0 aromatic carbocycles. The number of nitrogens with one attached hydrogen (secondary N) is 1. The Hall–Kier alpha value is -2.40. The largest absolute Gasteiger partial charge is 0.498 e. The van der Waals surface area contributed by atoms with E-state index in [0.29, 0.717) is 25.6 Å². The first-order chi connectivity index (χ1) is 16.5. The zero-order valence-corrected chi connectivity index (χ0v) is 23.4. The second-order valence-corrected chi connectivity index (χ2v) is 12.1. The number of amides is 2. The zero-order valence-electron chi connectivity index (χ0n) is 23.4. The molecule has 0 saturated carbocycles. The molecule has 2 atom stereocenters. The molecule has 3 heterocycles. The van der Waals surface area contributed by atoms with E-state index in [4.69, 9.17) is 14.0 Å². The summed E-state index contributed by atoms with van der Waals surface area (Å²) in [5.41, 5.74) is -0.722. The summed E-state index contributed by atoms with van der Waals surface area (Å²) in [6.07, 6.45) is 2.90. The number of carbonyl (C=O) groups excluding carboxylic acids is 2. The highest BCUT2D eigenvalue weighted by atomic mass is 16.7. The van der Waals surface area contributed by atoms with Gasteiger partial charge in [-0.1, -0.05) is 13.8 Å². The molecule has 0 spiro atoms. The monoisotopic (exact) mass is 503 g/mol. The van der Waals surface area contributed by atoms with Crippen molar-refractivity contribution in [2.24, 2.45) is 5.92 Å². The molecule has 11 heteroatoms. The van der Waals surface area contributed by atoms with Gasteiger partial charge in [0, 0.05) is 43.5 Å². The lowest BCUT2D eigenvalue weighted by molar-refractivity contribution is -0.137. The minimum absolute atomic E-state index is 0.0823. The third-order valence-electron chi connectivity index (χ3n) is 6.98. The summed E-state index contributed by atoms with van der Waals surface area (Å²) >= 11 is 0. The van der Waals surface area contributed by atoms with Gasteiger partial charge in [0.1, 0.15) is 11.6 Å². The van der Waals surface area contributed by atoms with Gasteiger partial charge < -0.3 is 29.2 Å². The summed E-state index contributed by atoms with van der Waals surface area (Å²) in [5, 5.41) is 2.76. The van der Waals surface area contributed by atoms with Crippen LogP contribution in [0.2, 0.25) is 0 Å². The van der Waals surface area contributed by atoms with Crippen LogP contribution >= 0.6 is 0 Å². The second-order valence-electron chi connectivity index (χ2n) is 12.1. The minimum Gasteiger partial charge on any atom is -0.444 e. The van der Waals surface area contributed by atoms with Gasteiger partial charge in [0.15, 0.2) is 0 Å². The third-order valence-corrected chi connectivity index (χ3v) is 6.98. The topological polar surface area (TPSA) is 106 Å². The summed E-state index contributed by atoms with van der Waals surface area (Å²) in [4.78, 5) is 38.7. The lowest BCUT2D eigenvalue weighted by Crippen LogP contribution is -2.60. The smallest absolute Gasteiger partial charge is 0.444 e. The fourth-order valence-corrected chi connectivity index (χ4v) is 4.19. The van der Waals surface area contributed by atoms with Gasteiger partial charge in [-0.05, 0) is 61.3 Å². The minimum atomic E-state index is -0.663. The summed E-state index contributed by atoms with van der Waals surface area (Å²) in [6.45, 7) is 20.9. The molecule has 0 radical (unpaired) electrons. The molecule has 1 aromatic rings. The maximum Gasteiger partial charge on any atom is 0.498 e. The molecule has 0 unspecified atom stereocenters. The van der Waals surface area contributed by atoms with Crippen molar-refractivity contribution >= 4 is 30.5 Å². The van der Waals surface area contributed by atoms with Crippen molar-refractivity contribution in [1.29, 1.82) is 0 Å². The van der Waals surface area contributed by atoms with Crippen LogP contribution in [0.4, 0.5) is 10.7 Å². The van der Waals surface area contributed by atoms with E-state index in [0.717, 1.165) is 5.46 Å². The summed E-state index contributed by atoms with van der Waals surface area (Å²) in [6, 6.07) is -0.747. The number of rotatable bonds is 5. The van der Waals surface area contributed by atoms with Gasteiger partial charge >= 0.3 is 13.2 Å². The quantitative estimate of drug-likeness (QED) is 0.611. The third kappa shape index (κ3) is 6.29. The maximum absolute atomic E-state index is 13.4. The number of aromatic nitrogens is 2. The molecule has 1 aromatic heterocycles. The Morgan fingerprint density at radius 2 is 1.67 bits per heavy atom. The number of hydrogen-bond donors (Lipinski definition) is 1. The normalized spacial score (nSPS) is 22.5. The van der Waals surface area contributed by atoms with Crippen LogP contribution in [0.15, 0.2) is 12.4 Å². The Balaban J connectivity index is 1.62. The van der Waals surface area contributed by atoms with Crippen molar-refractivity contribution in [3.8, 4) is 0 Å². The summed E-state index contributed by atoms with van der Waals surface area (Å²) < 4.78 is 17.5. The van der Waals surface area contributed by atoms with Crippen molar-refractivity contribution < 1.29 is 23.6 Å². The van der Waals surface area contributed by atoms with Gasteiger partial charge in [-0.15, -0.1) is 0 Å². The molecular weight excluding hydrogens is 461 g/mol. The van der Waals surface area contributed by atoms with E-state index in [1.807, 2.05) is 53.4 Å². The van der Waals surface area contributed by atoms with E-state index in [2.05, 4.69) is 20.2 Å². The lowest BCUT2D eigenvalue weighted by Gasteiger charge is -2.41. The number of ether oxygens (including phenoxy) is 1. The van der Waals surface area contributed by atoms with Gasteiger partial charge in [0.2, 0.25) is 11.9 Å². The van der Waals surface area contributed by atoms with E-state index in [9.17, 15) is 9.59 Å². The van der Waals surface area contributed by atoms with E-state index >= 15 is 0 Å². The lowest BCUT2D eigenvalue weighted by atomic mass is 9.81. The fraction of sp³-hybridized carbons (Fsp3) is 0.760. The van der Waals surface area contributed by atoms with Crippen LogP contribution in [0.25, 0.3) is 0 Å². The van der Waals surface area contributed by atoms with Crippen LogP contribution < -0.4 is 15.7 Å². The van der Waals surface area contributed by atoms with Crippen molar-refractivity contribution in [1.82, 2.24) is 20.2 Å². The molecule has 2 saturated heterocycles. The second kappa shape index (κ2) is 10.2. The Morgan fingerprint density at radius 3 is 2.14 bits per heavy atom. The molecule has 2 aliphatic rings. The van der Waals surface area contributed by atoms with E-state index in [1.54, 1.807) is 33.2 Å². The Morgan fingerprint density at radius 1 is 1.11 bits per heavy atom. The van der Waals surface area contributed by atoms with Crippen molar-refractivity contribution in [3.63, 3.8) is 0 Å². The van der Waals surface area contributed by atoms with Gasteiger partial charge in [-0.25, -0.2) is 14.8 Å². The van der Waals surface area contributed by atoms with Crippen LogP contribution in [0.5, 0.6) is 0 Å². The fourth-order valence-electron chi connectivity index (χ4n) is 4.19. The van der Waals surface area contributed by atoms with Crippen molar-refractivity contribution in [2.75, 3.05) is 24.5 Å². The molecular formula is C25H42BN5O5. The van der Waals surface area contributed by atoms with Crippen LogP contribution in [0, 0.1) is 5.92 Å². The molecule has 2 aliphatic heterocycles. The van der Waals surface area contributed by atoms with Crippen molar-refractivity contribution in [2.45, 2.75) is 98.1 Å². The van der Waals surface area contributed by atoms with Crippen LogP contribution in [0.3, 0.4) is 0 Å². The number of nitrogens with zero attached hydrogens (tertiary/aromatic N) is 4. The summed E-state index contributed by atoms with van der Waals surface area (Å²) in [5.74, 6) is 0.405. The van der Waals surface area contributed by atoms with E-state index < -0.39 is 36.1 Å². The molecule has 200 valence electrons. The standard InChI is InChI=1S/C25H42BN5O5/c1-16(2)19(29-22(33)34-23(4,5)6)20(32)31-12-11-30(15-17(31)3)21-27-13-18(14-28-21)26-35-24(7,8)25(9,10)36-26/h13-14,16-17,19H,11-12,15H2,1-10H3,(H,29,33)/t17-,19+/m0/s1. The molecule has 0 aliphatic carbocycles. The van der Waals surface area contributed by atoms with Gasteiger partial charge in [-0.2, -0.15) is 0 Å². The Labute approximate surface area is 215 Å². The number of alkyl carbamates (subject to hydrolysis) is 1. The molecule has 0 bridgehead atoms. The van der Waals surface area contributed by atoms with Crippen molar-refractivity contribution in [3.05, 3.63) is 12.4 Å². The SMILES string of the molecule is CC(C)[C@@H](NC(=O)OC(C)(C)C)C(=O)N1CCN(c2ncc(B3OC(C)(C)C(C)(C)O3)cn2)C[C@@H]1C. The predicted octanol–water partition coefficient (Wildman–Crippen LogP) is 2.36. The highest BCUT2D eigenvalue weighted by molar-refractivity contribution is 6.61. The molecule has 3 rings (SSSR count). The van der Waals surface area contributed by atoms with Crippen LogP contribution in [0.1, 0.15) is 69.2 Å². The predicted molar refractivity (Wildman–Crippen MR) is 139 cm³/mol. The van der Waals surface area contributed by atoms with E-state index in [1.165, 1.54) is 0 Å². The zero-order chi connectivity index (χ0) is 27.1. The number of piperazine rings is 1. The van der Waals surface area contributed by atoms with Crippen LogP contribution in [-0.2, 0) is 18.8 Å². The average Bonchev–Trinajstić information content (AvgIpc) is 2.97. The first kappa shape index (κ1) is 28.2. The Kier molecular flexibility index (Phi) is 7.96. The van der Waals surface area contributed by atoms with Gasteiger partial charge in [-0.3, -0.25) is 4.79 Å². The molecule has 1 N–H and O–H groups in total. The van der Waals surface area contributed by atoms with E-state index in [-0.39, 0.29) is 17.9 Å². The Bertz CT molecular complexity index is 931. The number of hydrogen-bond acceptors (Lipinski definition) is 8. The first-order valence-electron chi connectivity index (χ1n) is 12.7. The van der Waals surface area contributed by atoms with Crippen LogP contribution in [-0.4, -0.2) is 82.5 Å². The van der Waals surface area contributed by atoms with Gasteiger partial charge in [0.25, 0.3) is 0 Å².